The van der Waals surface area contributed by atoms with E-state index in [-0.39, 0.29) is 5.41 Å². The van der Waals surface area contributed by atoms with Crippen LogP contribution in [0.5, 0.6) is 11.5 Å². The molecule has 1 aliphatic heterocycles. The second-order valence-electron chi connectivity index (χ2n) is 19.2. The summed E-state index contributed by atoms with van der Waals surface area (Å²) in [6, 6.07) is 83.5. The molecule has 0 unspecified atom stereocenters. The maximum atomic E-state index is 7.21. The average Bonchev–Trinajstić information content (AvgIpc) is 3.65. The predicted octanol–water partition coefficient (Wildman–Crippen LogP) is 18.9. The van der Waals surface area contributed by atoms with Crippen molar-refractivity contribution in [3.63, 3.8) is 0 Å². The summed E-state index contributed by atoms with van der Waals surface area (Å²) < 4.78 is 7.21. The number of fused-ring (bicyclic) bond motifs is 4. The molecule has 0 saturated heterocycles. The molecular formula is C67H50N2O. The molecule has 0 bridgehead atoms. The molecule has 0 atom stereocenters. The van der Waals surface area contributed by atoms with Gasteiger partial charge in [-0.25, -0.2) is 0 Å². The van der Waals surface area contributed by atoms with Gasteiger partial charge in [-0.1, -0.05) is 178 Å². The highest BCUT2D eigenvalue weighted by Gasteiger charge is 2.38. The van der Waals surface area contributed by atoms with Crippen molar-refractivity contribution in [3.05, 3.63) is 259 Å². The van der Waals surface area contributed by atoms with Crippen LogP contribution >= 0.6 is 0 Å². The highest BCUT2D eigenvalue weighted by atomic mass is 16.5. The second kappa shape index (κ2) is 16.8. The van der Waals surface area contributed by atoms with Gasteiger partial charge in [-0.05, 0) is 146 Å². The van der Waals surface area contributed by atoms with Crippen molar-refractivity contribution in [2.45, 2.75) is 32.1 Å². The first-order valence-electron chi connectivity index (χ1n) is 24.5. The van der Waals surface area contributed by atoms with Crippen LogP contribution in [0.1, 0.15) is 37.8 Å². The van der Waals surface area contributed by atoms with Gasteiger partial charge in [-0.15, -0.1) is 0 Å². The Morgan fingerprint density at radius 2 is 0.857 bits per heavy atom. The van der Waals surface area contributed by atoms with E-state index in [0.29, 0.717) is 0 Å². The Morgan fingerprint density at radius 3 is 1.41 bits per heavy atom. The molecule has 0 aromatic heterocycles. The third kappa shape index (κ3) is 7.13. The smallest absolute Gasteiger partial charge is 0.138 e. The Morgan fingerprint density at radius 1 is 0.386 bits per heavy atom. The quantitative estimate of drug-likeness (QED) is 0.144. The molecule has 0 spiro atoms. The summed E-state index contributed by atoms with van der Waals surface area (Å²) in [6.45, 7) is 4.77. The van der Waals surface area contributed by atoms with Crippen LogP contribution in [0.4, 0.5) is 34.1 Å². The van der Waals surface area contributed by atoms with Gasteiger partial charge in [0.25, 0.3) is 0 Å². The zero-order valence-corrected chi connectivity index (χ0v) is 39.3. The highest BCUT2D eigenvalue weighted by Crippen LogP contribution is 2.54. The van der Waals surface area contributed by atoms with Crippen LogP contribution in [0.2, 0.25) is 0 Å². The zero-order valence-electron chi connectivity index (χ0n) is 39.3. The lowest BCUT2D eigenvalue weighted by Gasteiger charge is -2.31. The van der Waals surface area contributed by atoms with Gasteiger partial charge in [0.05, 0.1) is 5.69 Å². The molecule has 70 heavy (non-hydrogen) atoms. The Labute approximate surface area is 410 Å². The molecule has 0 N–H and O–H groups in total. The van der Waals surface area contributed by atoms with Gasteiger partial charge >= 0.3 is 0 Å². The molecule has 0 fully saturated rings. The van der Waals surface area contributed by atoms with Crippen molar-refractivity contribution in [1.82, 2.24) is 0 Å². The lowest BCUT2D eigenvalue weighted by Crippen LogP contribution is -2.18. The van der Waals surface area contributed by atoms with Crippen molar-refractivity contribution in [1.29, 1.82) is 0 Å². The molecular weight excluding hydrogens is 849 g/mol. The summed E-state index contributed by atoms with van der Waals surface area (Å²) in [5.74, 6) is 1.66. The molecule has 3 aliphatic rings. The number of hydrogen-bond acceptors (Lipinski definition) is 3. The summed E-state index contributed by atoms with van der Waals surface area (Å²) in [6.07, 6.45) is 6.88. The number of rotatable bonds is 9. The number of ether oxygens (including phenoxy) is 1. The van der Waals surface area contributed by atoms with Crippen LogP contribution in [0.15, 0.2) is 248 Å². The van der Waals surface area contributed by atoms with E-state index < -0.39 is 0 Å². The average molecular weight is 899 g/mol. The van der Waals surface area contributed by atoms with Gasteiger partial charge in [0.1, 0.15) is 11.5 Å². The molecule has 10 aromatic rings. The fourth-order valence-corrected chi connectivity index (χ4v) is 11.2. The minimum Gasteiger partial charge on any atom is -0.456 e. The van der Waals surface area contributed by atoms with Crippen LogP contribution in [-0.4, -0.2) is 0 Å². The third-order valence-corrected chi connectivity index (χ3v) is 14.7. The summed E-state index contributed by atoms with van der Waals surface area (Å²) in [5, 5.41) is 2.25. The summed E-state index contributed by atoms with van der Waals surface area (Å²) in [5.41, 5.74) is 21.4. The summed E-state index contributed by atoms with van der Waals surface area (Å²) >= 11 is 0. The van der Waals surface area contributed by atoms with Crippen LogP contribution in [0.25, 0.3) is 60.9 Å². The topological polar surface area (TPSA) is 15.7 Å². The molecule has 10 aromatic carbocycles. The second-order valence-corrected chi connectivity index (χ2v) is 19.2. The van der Waals surface area contributed by atoms with E-state index in [0.717, 1.165) is 74.8 Å². The van der Waals surface area contributed by atoms with E-state index in [2.05, 4.69) is 266 Å². The number of allylic oxidation sites excluding steroid dienone is 4. The Kier molecular flexibility index (Phi) is 9.99. The van der Waals surface area contributed by atoms with Crippen LogP contribution in [0, 0.1) is 0 Å². The molecule has 1 heterocycles. The first kappa shape index (κ1) is 41.5. The maximum Gasteiger partial charge on any atom is 0.138 e. The zero-order chi connectivity index (χ0) is 46.8. The van der Waals surface area contributed by atoms with E-state index in [1.54, 1.807) is 0 Å². The lowest BCUT2D eigenvalue weighted by atomic mass is 9.80. The summed E-state index contributed by atoms with van der Waals surface area (Å²) in [4.78, 5) is 4.74. The molecule has 0 amide bonds. The van der Waals surface area contributed by atoms with E-state index in [1.807, 2.05) is 0 Å². The number of nitrogens with zero attached hydrogens (tertiary/aromatic N) is 2. The third-order valence-electron chi connectivity index (χ3n) is 14.7. The standard InChI is InChI=1S/C67H50N2O/c1-67(2)62-24-13-12-22-58(62)59-39-37-55(42-63(59)67)69(54-35-29-50(30-36-54)47-19-10-5-11-20-47)57-41-51-21-14-23-61-60-40-38-56(43-64(60)70-65(44-57)66(51)61)68(52-31-25-48(26-32-52)45-15-6-3-7-16-45)53-33-27-49(28-34-53)46-17-8-4-9-18-46/h3-11,13-21,23-44H,12,22H2,1-2H3. The summed E-state index contributed by atoms with van der Waals surface area (Å²) in [7, 11) is 0. The number of anilines is 6. The molecule has 13 rings (SSSR count). The van der Waals surface area contributed by atoms with Gasteiger partial charge in [-0.3, -0.25) is 0 Å². The monoisotopic (exact) mass is 898 g/mol. The van der Waals surface area contributed by atoms with Crippen molar-refractivity contribution in [2.24, 2.45) is 0 Å². The minimum absolute atomic E-state index is 0.100. The first-order chi connectivity index (χ1) is 34.4. The predicted molar refractivity (Wildman–Crippen MR) is 293 cm³/mol. The van der Waals surface area contributed by atoms with Crippen LogP contribution in [0.3, 0.4) is 0 Å². The first-order valence-corrected chi connectivity index (χ1v) is 24.5. The van der Waals surface area contributed by atoms with Gasteiger partial charge in [-0.2, -0.15) is 0 Å². The van der Waals surface area contributed by atoms with Gasteiger partial charge in [0.15, 0.2) is 0 Å². The van der Waals surface area contributed by atoms with Gasteiger partial charge < -0.3 is 14.5 Å². The molecule has 0 saturated carbocycles. The Hall–Kier alpha value is -8.66. The van der Waals surface area contributed by atoms with Gasteiger partial charge in [0.2, 0.25) is 0 Å². The van der Waals surface area contributed by atoms with Crippen molar-refractivity contribution in [2.75, 3.05) is 9.80 Å². The lowest BCUT2D eigenvalue weighted by molar-refractivity contribution is 0.487. The van der Waals surface area contributed by atoms with E-state index >= 15 is 0 Å². The van der Waals surface area contributed by atoms with Crippen molar-refractivity contribution in [3.8, 4) is 56.0 Å². The van der Waals surface area contributed by atoms with Crippen LogP contribution in [-0.2, 0) is 5.41 Å². The number of benzene rings is 10. The van der Waals surface area contributed by atoms with Gasteiger partial charge in [0, 0.05) is 56.9 Å². The Balaban J connectivity index is 0.922. The van der Waals surface area contributed by atoms with E-state index in [9.17, 15) is 0 Å². The maximum absolute atomic E-state index is 7.21. The van der Waals surface area contributed by atoms with E-state index in [4.69, 9.17) is 4.74 Å². The van der Waals surface area contributed by atoms with E-state index in [1.165, 1.54) is 61.2 Å². The van der Waals surface area contributed by atoms with Crippen molar-refractivity contribution < 1.29 is 4.74 Å². The highest BCUT2D eigenvalue weighted by molar-refractivity contribution is 6.07. The number of hydrogen-bond donors (Lipinski definition) is 0. The normalized spacial score (nSPS) is 13.9. The fourth-order valence-electron chi connectivity index (χ4n) is 11.2. The molecule has 2 aliphatic carbocycles. The largest absolute Gasteiger partial charge is 0.456 e. The fraction of sp³-hybridized carbons (Fsp3) is 0.0746. The molecule has 3 heteroatoms. The van der Waals surface area contributed by atoms with Crippen molar-refractivity contribution >= 4 is 50.5 Å². The molecule has 3 nitrogen and oxygen atoms in total. The SMILES string of the molecule is CC1(C)C2=C(CCC=C2)c2ccc(N(c3ccc(-c4ccccc4)cc3)c3cc4c5c(cccc5c3)-c3ccc(N(c5ccc(-c6ccccc6)cc5)c5ccc(-c6ccccc6)cc5)cc3O4)cc21. The molecule has 334 valence electrons. The Bertz CT molecular complexity index is 3580. The molecule has 0 radical (unpaired) electrons. The van der Waals surface area contributed by atoms with Crippen LogP contribution < -0.4 is 14.5 Å². The minimum atomic E-state index is -0.100.